The minimum absolute atomic E-state index is 0.0700. The number of fused-ring (bicyclic) bond motifs is 1. The second-order valence-corrected chi connectivity index (χ2v) is 7.29. The van der Waals surface area contributed by atoms with Crippen molar-refractivity contribution in [2.75, 3.05) is 0 Å². The zero-order valence-corrected chi connectivity index (χ0v) is 16.7. The van der Waals surface area contributed by atoms with Crippen molar-refractivity contribution < 1.29 is 9.53 Å². The Hall–Kier alpha value is -2.81. The van der Waals surface area contributed by atoms with E-state index in [0.717, 1.165) is 16.3 Å². The van der Waals surface area contributed by atoms with E-state index in [1.807, 2.05) is 43.3 Å². The van der Waals surface area contributed by atoms with Crippen LogP contribution < -0.4 is 10.1 Å². The minimum Gasteiger partial charge on any atom is -0.481 e. The first kappa shape index (κ1) is 19.0. The molecule has 0 bridgehead atoms. The zero-order valence-electron chi connectivity index (χ0n) is 16.7. The summed E-state index contributed by atoms with van der Waals surface area (Å²) in [4.78, 5) is 12.6. The number of benzene rings is 3. The molecule has 3 rings (SSSR count). The van der Waals surface area contributed by atoms with Crippen LogP contribution in [-0.4, -0.2) is 12.0 Å². The van der Waals surface area contributed by atoms with Crippen LogP contribution in [0.15, 0.2) is 54.6 Å². The summed E-state index contributed by atoms with van der Waals surface area (Å²) < 4.78 is 5.88. The zero-order chi connectivity index (χ0) is 19.6. The molecule has 3 nitrogen and oxygen atoms in total. The molecule has 1 N–H and O–H groups in total. The van der Waals surface area contributed by atoms with Gasteiger partial charge in [-0.3, -0.25) is 4.79 Å². The molecular weight excluding hydrogens is 334 g/mol. The number of amides is 1. The van der Waals surface area contributed by atoms with Crippen molar-refractivity contribution in [3.8, 4) is 5.75 Å². The van der Waals surface area contributed by atoms with Crippen LogP contribution in [0.25, 0.3) is 10.8 Å². The number of hydrogen-bond donors (Lipinski definition) is 1. The highest BCUT2D eigenvalue weighted by atomic mass is 16.5. The van der Waals surface area contributed by atoms with Crippen molar-refractivity contribution in [2.24, 2.45) is 0 Å². The fraction of sp³-hybridized carbons (Fsp3) is 0.292. The smallest absolute Gasteiger partial charge is 0.261 e. The standard InChI is InChI=1S/C24H27NO2/c1-15-12-17(3)23(13-16(15)2)18(4)25-24(26)19(5)27-22-11-10-20-8-6-7-9-21(20)14-22/h6-14,18-19H,1-5H3,(H,25,26)/t18-,19-/m0/s1. The average molecular weight is 361 g/mol. The summed E-state index contributed by atoms with van der Waals surface area (Å²) in [6.07, 6.45) is -0.569. The lowest BCUT2D eigenvalue weighted by Crippen LogP contribution is -2.38. The molecule has 3 aromatic carbocycles. The number of ether oxygens (including phenoxy) is 1. The van der Waals surface area contributed by atoms with Gasteiger partial charge >= 0.3 is 0 Å². The van der Waals surface area contributed by atoms with Gasteiger partial charge in [-0.05, 0) is 79.8 Å². The van der Waals surface area contributed by atoms with Crippen LogP contribution in [0.1, 0.15) is 42.1 Å². The summed E-state index contributed by atoms with van der Waals surface area (Å²) in [5.41, 5.74) is 4.83. The first-order valence-electron chi connectivity index (χ1n) is 9.38. The SMILES string of the molecule is Cc1cc(C)c([C@H](C)NC(=O)[C@H](C)Oc2ccc3ccccc3c2)cc1C. The van der Waals surface area contributed by atoms with Gasteiger partial charge in [0.1, 0.15) is 5.75 Å². The van der Waals surface area contributed by atoms with Gasteiger partial charge < -0.3 is 10.1 Å². The maximum Gasteiger partial charge on any atom is 0.261 e. The fourth-order valence-electron chi connectivity index (χ4n) is 3.36. The Balaban J connectivity index is 1.68. The highest BCUT2D eigenvalue weighted by Crippen LogP contribution is 2.23. The first-order valence-corrected chi connectivity index (χ1v) is 9.38. The van der Waals surface area contributed by atoms with E-state index in [1.54, 1.807) is 6.92 Å². The normalized spacial score (nSPS) is 13.2. The molecule has 2 atom stereocenters. The molecule has 140 valence electrons. The van der Waals surface area contributed by atoms with Crippen LogP contribution in [-0.2, 0) is 4.79 Å². The number of carbonyl (C=O) groups excluding carboxylic acids is 1. The Kier molecular flexibility index (Phi) is 5.50. The molecule has 0 aromatic heterocycles. The quantitative estimate of drug-likeness (QED) is 0.660. The molecular formula is C24H27NO2. The van der Waals surface area contributed by atoms with Gasteiger partial charge in [-0.2, -0.15) is 0 Å². The van der Waals surface area contributed by atoms with Gasteiger partial charge in [0.25, 0.3) is 5.91 Å². The molecule has 0 heterocycles. The summed E-state index contributed by atoms with van der Waals surface area (Å²) in [6.45, 7) is 10.1. The van der Waals surface area contributed by atoms with Gasteiger partial charge in [-0.25, -0.2) is 0 Å². The molecule has 27 heavy (non-hydrogen) atoms. The molecule has 0 unspecified atom stereocenters. The largest absolute Gasteiger partial charge is 0.481 e. The van der Waals surface area contributed by atoms with Crippen LogP contribution >= 0.6 is 0 Å². The van der Waals surface area contributed by atoms with Crippen molar-refractivity contribution in [1.29, 1.82) is 0 Å². The van der Waals surface area contributed by atoms with Crippen molar-refractivity contribution >= 4 is 16.7 Å². The maximum absolute atomic E-state index is 12.6. The van der Waals surface area contributed by atoms with Gasteiger partial charge in [0.05, 0.1) is 6.04 Å². The highest BCUT2D eigenvalue weighted by Gasteiger charge is 2.19. The number of carbonyl (C=O) groups is 1. The third kappa shape index (κ3) is 4.30. The highest BCUT2D eigenvalue weighted by molar-refractivity contribution is 5.84. The van der Waals surface area contributed by atoms with E-state index >= 15 is 0 Å². The van der Waals surface area contributed by atoms with Crippen LogP contribution in [0.2, 0.25) is 0 Å². The molecule has 0 fully saturated rings. The summed E-state index contributed by atoms with van der Waals surface area (Å²) in [5, 5.41) is 5.33. The molecule has 0 aliphatic rings. The monoisotopic (exact) mass is 361 g/mol. The van der Waals surface area contributed by atoms with E-state index < -0.39 is 6.10 Å². The summed E-state index contributed by atoms with van der Waals surface area (Å²) in [5.74, 6) is 0.583. The third-order valence-corrected chi connectivity index (χ3v) is 5.11. The Morgan fingerprint density at radius 1 is 0.852 bits per heavy atom. The molecule has 0 saturated carbocycles. The number of hydrogen-bond acceptors (Lipinski definition) is 2. The lowest BCUT2D eigenvalue weighted by molar-refractivity contribution is -0.127. The third-order valence-electron chi connectivity index (χ3n) is 5.11. The molecule has 0 radical (unpaired) electrons. The predicted octanol–water partition coefficient (Wildman–Crippen LogP) is 5.41. The summed E-state index contributed by atoms with van der Waals surface area (Å²) in [7, 11) is 0. The van der Waals surface area contributed by atoms with E-state index in [0.29, 0.717) is 5.75 Å². The van der Waals surface area contributed by atoms with E-state index in [1.165, 1.54) is 16.7 Å². The van der Waals surface area contributed by atoms with E-state index in [-0.39, 0.29) is 11.9 Å². The van der Waals surface area contributed by atoms with E-state index in [9.17, 15) is 4.79 Å². The Morgan fingerprint density at radius 2 is 1.52 bits per heavy atom. The van der Waals surface area contributed by atoms with Crippen molar-refractivity contribution in [3.05, 3.63) is 76.9 Å². The molecule has 0 aliphatic heterocycles. The Labute approximate surface area is 161 Å². The summed E-state index contributed by atoms with van der Waals surface area (Å²) >= 11 is 0. The van der Waals surface area contributed by atoms with Gasteiger partial charge in [0.2, 0.25) is 0 Å². The summed E-state index contributed by atoms with van der Waals surface area (Å²) in [6, 6.07) is 18.2. The first-order chi connectivity index (χ1) is 12.8. The van der Waals surface area contributed by atoms with Gasteiger partial charge in [-0.1, -0.05) is 42.5 Å². The van der Waals surface area contributed by atoms with Gasteiger partial charge in [-0.15, -0.1) is 0 Å². The lowest BCUT2D eigenvalue weighted by atomic mass is 9.96. The second-order valence-electron chi connectivity index (χ2n) is 7.29. The Morgan fingerprint density at radius 3 is 2.26 bits per heavy atom. The van der Waals surface area contributed by atoms with Crippen molar-refractivity contribution in [3.63, 3.8) is 0 Å². The second kappa shape index (κ2) is 7.83. The van der Waals surface area contributed by atoms with Crippen LogP contribution in [0.4, 0.5) is 0 Å². The number of nitrogens with one attached hydrogen (secondary N) is 1. The van der Waals surface area contributed by atoms with Crippen molar-refractivity contribution in [2.45, 2.75) is 46.8 Å². The van der Waals surface area contributed by atoms with Gasteiger partial charge in [0.15, 0.2) is 6.10 Å². The van der Waals surface area contributed by atoms with Crippen LogP contribution in [0.3, 0.4) is 0 Å². The molecule has 0 spiro atoms. The van der Waals surface area contributed by atoms with Crippen LogP contribution in [0.5, 0.6) is 5.75 Å². The maximum atomic E-state index is 12.6. The molecule has 3 heteroatoms. The molecule has 0 saturated heterocycles. The minimum atomic E-state index is -0.569. The fourth-order valence-corrected chi connectivity index (χ4v) is 3.36. The number of aryl methyl sites for hydroxylation is 3. The predicted molar refractivity (Wildman–Crippen MR) is 111 cm³/mol. The Bertz CT molecular complexity index is 977. The molecule has 0 aliphatic carbocycles. The lowest BCUT2D eigenvalue weighted by Gasteiger charge is -2.21. The molecule has 1 amide bonds. The van der Waals surface area contributed by atoms with E-state index in [2.05, 4.69) is 44.3 Å². The van der Waals surface area contributed by atoms with Crippen molar-refractivity contribution in [1.82, 2.24) is 5.32 Å². The van der Waals surface area contributed by atoms with Crippen LogP contribution in [0, 0.1) is 20.8 Å². The average Bonchev–Trinajstić information content (AvgIpc) is 2.64. The van der Waals surface area contributed by atoms with Gasteiger partial charge in [0, 0.05) is 0 Å². The molecule has 3 aromatic rings. The van der Waals surface area contributed by atoms with E-state index in [4.69, 9.17) is 4.74 Å². The topological polar surface area (TPSA) is 38.3 Å². The number of rotatable bonds is 5.